The predicted octanol–water partition coefficient (Wildman–Crippen LogP) is 2.80. The molecule has 17 heavy (non-hydrogen) atoms. The van der Waals surface area contributed by atoms with Crippen LogP contribution in [0.1, 0.15) is 10.4 Å². The van der Waals surface area contributed by atoms with E-state index in [1.165, 1.54) is 6.07 Å². The van der Waals surface area contributed by atoms with Crippen molar-refractivity contribution in [2.45, 2.75) is 0 Å². The number of phenolic OH excluding ortho intramolecular Hbond substituents is 1. The number of carbonyl (C=O) groups is 1. The lowest BCUT2D eigenvalue weighted by molar-refractivity contribution is 0.102. The maximum Gasteiger partial charge on any atom is 0.260 e. The van der Waals surface area contributed by atoms with E-state index in [4.69, 9.17) is 0 Å². The number of pyridine rings is 1. The van der Waals surface area contributed by atoms with Crippen LogP contribution in [-0.2, 0) is 0 Å². The molecule has 0 spiro atoms. The number of benzene rings is 1. The van der Waals surface area contributed by atoms with Crippen LogP contribution in [0.3, 0.4) is 0 Å². The van der Waals surface area contributed by atoms with E-state index in [1.54, 1.807) is 36.5 Å². The second-order valence-electron chi connectivity index (χ2n) is 3.33. The van der Waals surface area contributed by atoms with Crippen LogP contribution >= 0.6 is 15.9 Å². The summed E-state index contributed by atoms with van der Waals surface area (Å²) in [7, 11) is 0. The standard InChI is InChI=1S/C12H9BrN2O2/c13-8-5-6-14-11(7-8)15-12(17)9-3-1-2-4-10(9)16/h1-7,16H,(H,14,15,17). The Kier molecular flexibility index (Phi) is 3.39. The smallest absolute Gasteiger partial charge is 0.260 e. The number of anilines is 1. The molecule has 0 fully saturated rings. The molecule has 4 nitrogen and oxygen atoms in total. The van der Waals surface area contributed by atoms with E-state index in [0.717, 1.165) is 4.47 Å². The Hall–Kier alpha value is -1.88. The van der Waals surface area contributed by atoms with Crippen LogP contribution in [0.15, 0.2) is 47.1 Å². The topological polar surface area (TPSA) is 62.2 Å². The normalized spacial score (nSPS) is 9.94. The summed E-state index contributed by atoms with van der Waals surface area (Å²) in [6.07, 6.45) is 1.57. The maximum atomic E-state index is 11.8. The van der Waals surface area contributed by atoms with Gasteiger partial charge in [0.1, 0.15) is 11.6 Å². The molecule has 0 unspecified atom stereocenters. The van der Waals surface area contributed by atoms with Gasteiger partial charge in [-0.1, -0.05) is 28.1 Å². The van der Waals surface area contributed by atoms with Gasteiger partial charge in [0, 0.05) is 10.7 Å². The van der Waals surface area contributed by atoms with Gasteiger partial charge in [0.25, 0.3) is 5.91 Å². The molecular formula is C12H9BrN2O2. The molecule has 2 N–H and O–H groups in total. The minimum atomic E-state index is -0.395. The quantitative estimate of drug-likeness (QED) is 0.895. The van der Waals surface area contributed by atoms with Gasteiger partial charge in [-0.05, 0) is 24.3 Å². The van der Waals surface area contributed by atoms with Crippen molar-refractivity contribution < 1.29 is 9.90 Å². The number of hydrogen-bond donors (Lipinski definition) is 2. The number of aromatic nitrogens is 1. The molecule has 0 saturated heterocycles. The number of para-hydroxylation sites is 1. The first-order valence-electron chi connectivity index (χ1n) is 4.88. The summed E-state index contributed by atoms with van der Waals surface area (Å²) in [5.74, 6) is -0.0266. The van der Waals surface area contributed by atoms with Gasteiger partial charge in [-0.3, -0.25) is 4.79 Å². The van der Waals surface area contributed by atoms with Gasteiger partial charge in [0.05, 0.1) is 5.56 Å². The fourth-order valence-corrected chi connectivity index (χ4v) is 1.66. The molecule has 0 saturated carbocycles. The van der Waals surface area contributed by atoms with Crippen LogP contribution in [0.4, 0.5) is 5.82 Å². The molecule has 1 amide bonds. The molecule has 2 rings (SSSR count). The molecule has 86 valence electrons. The largest absolute Gasteiger partial charge is 0.507 e. The zero-order chi connectivity index (χ0) is 12.3. The van der Waals surface area contributed by atoms with Gasteiger partial charge in [-0.2, -0.15) is 0 Å². The number of halogens is 1. The average molecular weight is 293 g/mol. The van der Waals surface area contributed by atoms with Crippen molar-refractivity contribution >= 4 is 27.7 Å². The molecule has 1 heterocycles. The van der Waals surface area contributed by atoms with Crippen LogP contribution in [-0.4, -0.2) is 16.0 Å². The summed E-state index contributed by atoms with van der Waals surface area (Å²) < 4.78 is 0.820. The number of carbonyl (C=O) groups excluding carboxylic acids is 1. The summed E-state index contributed by atoms with van der Waals surface area (Å²) in [5, 5.41) is 12.1. The van der Waals surface area contributed by atoms with Crippen molar-refractivity contribution in [2.24, 2.45) is 0 Å². The van der Waals surface area contributed by atoms with Gasteiger partial charge >= 0.3 is 0 Å². The highest BCUT2D eigenvalue weighted by Gasteiger charge is 2.10. The Morgan fingerprint density at radius 3 is 2.76 bits per heavy atom. The lowest BCUT2D eigenvalue weighted by Crippen LogP contribution is -2.12. The minimum Gasteiger partial charge on any atom is -0.507 e. The Balaban J connectivity index is 2.20. The summed E-state index contributed by atoms with van der Waals surface area (Å²) >= 11 is 3.28. The highest BCUT2D eigenvalue weighted by molar-refractivity contribution is 9.10. The van der Waals surface area contributed by atoms with Crippen LogP contribution in [0, 0.1) is 0 Å². The van der Waals surface area contributed by atoms with E-state index < -0.39 is 5.91 Å². The first-order valence-corrected chi connectivity index (χ1v) is 5.67. The highest BCUT2D eigenvalue weighted by atomic mass is 79.9. The average Bonchev–Trinajstić information content (AvgIpc) is 2.29. The zero-order valence-corrected chi connectivity index (χ0v) is 10.3. The number of phenols is 1. The fraction of sp³-hybridized carbons (Fsp3) is 0. The van der Waals surface area contributed by atoms with Crippen molar-refractivity contribution in [1.82, 2.24) is 4.98 Å². The molecule has 5 heteroatoms. The lowest BCUT2D eigenvalue weighted by atomic mass is 10.2. The number of nitrogens with one attached hydrogen (secondary N) is 1. The monoisotopic (exact) mass is 292 g/mol. The van der Waals surface area contributed by atoms with Crippen molar-refractivity contribution in [3.63, 3.8) is 0 Å². The second kappa shape index (κ2) is 4.97. The van der Waals surface area contributed by atoms with E-state index >= 15 is 0 Å². The zero-order valence-electron chi connectivity index (χ0n) is 8.72. The van der Waals surface area contributed by atoms with Gasteiger partial charge in [-0.25, -0.2) is 4.98 Å². The lowest BCUT2D eigenvalue weighted by Gasteiger charge is -2.05. The molecule has 1 aromatic carbocycles. The van der Waals surface area contributed by atoms with Gasteiger partial charge in [-0.15, -0.1) is 0 Å². The molecule has 0 radical (unpaired) electrons. The number of hydrogen-bond acceptors (Lipinski definition) is 3. The molecule has 0 aliphatic carbocycles. The highest BCUT2D eigenvalue weighted by Crippen LogP contribution is 2.18. The number of amides is 1. The summed E-state index contributed by atoms with van der Waals surface area (Å²) in [6, 6.07) is 9.78. The SMILES string of the molecule is O=C(Nc1cc(Br)ccn1)c1ccccc1O. The van der Waals surface area contributed by atoms with Crippen LogP contribution < -0.4 is 5.32 Å². The molecule has 2 aromatic rings. The van der Waals surface area contributed by atoms with Crippen molar-refractivity contribution in [2.75, 3.05) is 5.32 Å². The first kappa shape index (κ1) is 11.6. The Morgan fingerprint density at radius 1 is 1.29 bits per heavy atom. The van der Waals surface area contributed by atoms with E-state index in [9.17, 15) is 9.90 Å². The third-order valence-electron chi connectivity index (χ3n) is 2.11. The van der Waals surface area contributed by atoms with Crippen LogP contribution in [0.25, 0.3) is 0 Å². The Morgan fingerprint density at radius 2 is 2.06 bits per heavy atom. The van der Waals surface area contributed by atoms with Crippen molar-refractivity contribution in [1.29, 1.82) is 0 Å². The molecular weight excluding hydrogens is 284 g/mol. The Bertz CT molecular complexity index is 558. The fourth-order valence-electron chi connectivity index (χ4n) is 1.32. The summed E-state index contributed by atoms with van der Waals surface area (Å²) in [6.45, 7) is 0. The van der Waals surface area contributed by atoms with E-state index in [2.05, 4.69) is 26.2 Å². The minimum absolute atomic E-state index is 0.0556. The molecule has 0 aliphatic heterocycles. The number of aromatic hydroxyl groups is 1. The number of rotatable bonds is 2. The van der Waals surface area contributed by atoms with Gasteiger partial charge in [0.2, 0.25) is 0 Å². The van der Waals surface area contributed by atoms with Gasteiger partial charge in [0.15, 0.2) is 0 Å². The third kappa shape index (κ3) is 2.82. The molecule has 0 atom stereocenters. The van der Waals surface area contributed by atoms with E-state index in [-0.39, 0.29) is 11.3 Å². The van der Waals surface area contributed by atoms with Crippen LogP contribution in [0.2, 0.25) is 0 Å². The first-order chi connectivity index (χ1) is 8.16. The summed E-state index contributed by atoms with van der Waals surface area (Å²) in [4.78, 5) is 15.8. The maximum absolute atomic E-state index is 11.8. The van der Waals surface area contributed by atoms with E-state index in [1.807, 2.05) is 0 Å². The van der Waals surface area contributed by atoms with Gasteiger partial charge < -0.3 is 10.4 Å². The van der Waals surface area contributed by atoms with Crippen molar-refractivity contribution in [3.05, 3.63) is 52.6 Å². The molecule has 0 bridgehead atoms. The van der Waals surface area contributed by atoms with E-state index in [0.29, 0.717) is 5.82 Å². The number of nitrogens with zero attached hydrogens (tertiary/aromatic N) is 1. The van der Waals surface area contributed by atoms with Crippen molar-refractivity contribution in [3.8, 4) is 5.75 Å². The predicted molar refractivity (Wildman–Crippen MR) is 68.0 cm³/mol. The summed E-state index contributed by atoms with van der Waals surface area (Å²) in [5.41, 5.74) is 0.217. The molecule has 1 aromatic heterocycles. The van der Waals surface area contributed by atoms with Crippen LogP contribution in [0.5, 0.6) is 5.75 Å². The molecule has 0 aliphatic rings. The Labute approximate surface area is 106 Å². The second-order valence-corrected chi connectivity index (χ2v) is 4.25. The third-order valence-corrected chi connectivity index (χ3v) is 2.61.